The molecule has 2 aromatic heterocycles. The van der Waals surface area contributed by atoms with Gasteiger partial charge in [-0.2, -0.15) is 13.2 Å². The Morgan fingerprint density at radius 2 is 1.80 bits per heavy atom. The highest BCUT2D eigenvalue weighted by atomic mass is 19.4. The molecule has 5 nitrogen and oxygen atoms in total. The molecular formula is C21H14F4N4O. The summed E-state index contributed by atoms with van der Waals surface area (Å²) in [5, 5.41) is 3.63. The molecule has 4 rings (SSSR count). The van der Waals surface area contributed by atoms with Crippen molar-refractivity contribution in [1.82, 2.24) is 15.0 Å². The van der Waals surface area contributed by atoms with Crippen LogP contribution in [0.25, 0.3) is 22.2 Å². The molecule has 0 unspecified atom stereocenters. The van der Waals surface area contributed by atoms with E-state index in [1.807, 2.05) is 30.3 Å². The van der Waals surface area contributed by atoms with Gasteiger partial charge in [-0.05, 0) is 30.3 Å². The fourth-order valence-electron chi connectivity index (χ4n) is 3.00. The molecule has 0 aliphatic rings. The molecule has 4 aromatic rings. The molecule has 0 amide bonds. The van der Waals surface area contributed by atoms with E-state index in [2.05, 4.69) is 20.3 Å². The summed E-state index contributed by atoms with van der Waals surface area (Å²) in [6.45, 7) is 0. The number of anilines is 2. The Morgan fingerprint density at radius 3 is 2.53 bits per heavy atom. The Bertz CT molecular complexity index is 1230. The van der Waals surface area contributed by atoms with Crippen LogP contribution in [0.2, 0.25) is 0 Å². The van der Waals surface area contributed by atoms with E-state index in [-0.39, 0.29) is 17.3 Å². The molecule has 0 fully saturated rings. The highest BCUT2D eigenvalue weighted by molar-refractivity contribution is 5.85. The van der Waals surface area contributed by atoms with Gasteiger partial charge in [-0.3, -0.25) is 4.98 Å². The minimum absolute atomic E-state index is 0.113. The summed E-state index contributed by atoms with van der Waals surface area (Å²) in [5.74, 6) is -0.740. The molecule has 0 radical (unpaired) electrons. The zero-order chi connectivity index (χ0) is 21.3. The van der Waals surface area contributed by atoms with Crippen molar-refractivity contribution < 1.29 is 22.3 Å². The van der Waals surface area contributed by atoms with Crippen LogP contribution in [0.15, 0.2) is 61.1 Å². The minimum atomic E-state index is -4.64. The van der Waals surface area contributed by atoms with Gasteiger partial charge in [-0.1, -0.05) is 18.2 Å². The second-order valence-electron chi connectivity index (χ2n) is 6.33. The van der Waals surface area contributed by atoms with E-state index in [0.29, 0.717) is 17.3 Å². The second-order valence-corrected chi connectivity index (χ2v) is 6.33. The Morgan fingerprint density at radius 1 is 0.967 bits per heavy atom. The quantitative estimate of drug-likeness (QED) is 0.441. The van der Waals surface area contributed by atoms with Gasteiger partial charge in [-0.15, -0.1) is 0 Å². The van der Waals surface area contributed by atoms with Crippen molar-refractivity contribution in [2.45, 2.75) is 6.18 Å². The number of ether oxygens (including phenoxy) is 1. The number of methoxy groups -OCH3 is 1. The van der Waals surface area contributed by atoms with Crippen molar-refractivity contribution in [1.29, 1.82) is 0 Å². The number of fused-ring (bicyclic) bond motifs is 1. The van der Waals surface area contributed by atoms with Crippen LogP contribution in [0.1, 0.15) is 5.56 Å². The van der Waals surface area contributed by atoms with E-state index in [1.54, 1.807) is 6.20 Å². The summed E-state index contributed by atoms with van der Waals surface area (Å²) >= 11 is 0. The van der Waals surface area contributed by atoms with Crippen LogP contribution in [-0.4, -0.2) is 22.1 Å². The second kappa shape index (κ2) is 7.58. The average Bonchev–Trinajstić information content (AvgIpc) is 2.74. The molecule has 0 saturated heterocycles. The molecule has 30 heavy (non-hydrogen) atoms. The van der Waals surface area contributed by atoms with Crippen LogP contribution >= 0.6 is 0 Å². The molecule has 0 bridgehead atoms. The molecule has 0 saturated carbocycles. The molecule has 0 aliphatic heterocycles. The van der Waals surface area contributed by atoms with Gasteiger partial charge >= 0.3 is 6.18 Å². The summed E-state index contributed by atoms with van der Waals surface area (Å²) in [7, 11) is 1.40. The van der Waals surface area contributed by atoms with Gasteiger partial charge in [0.25, 0.3) is 0 Å². The van der Waals surface area contributed by atoms with Gasteiger partial charge in [-0.25, -0.2) is 14.4 Å². The number of aromatic nitrogens is 3. The number of rotatable bonds is 4. The van der Waals surface area contributed by atoms with E-state index in [9.17, 15) is 17.6 Å². The summed E-state index contributed by atoms with van der Waals surface area (Å²) in [4.78, 5) is 12.6. The van der Waals surface area contributed by atoms with Gasteiger partial charge in [0.05, 0.1) is 23.9 Å². The molecule has 2 aromatic carbocycles. The zero-order valence-electron chi connectivity index (χ0n) is 15.5. The van der Waals surface area contributed by atoms with E-state index < -0.39 is 17.6 Å². The SMILES string of the molecule is COc1c(Nc2ccc(C(F)(F)F)cc2F)ncnc1-c1ccc2cccnc2c1. The van der Waals surface area contributed by atoms with Gasteiger partial charge in [0.15, 0.2) is 11.6 Å². The van der Waals surface area contributed by atoms with Crippen molar-refractivity contribution >= 4 is 22.4 Å². The Labute approximate surface area is 168 Å². The minimum Gasteiger partial charge on any atom is -0.491 e. The lowest BCUT2D eigenvalue weighted by atomic mass is 10.1. The topological polar surface area (TPSA) is 59.9 Å². The van der Waals surface area contributed by atoms with Gasteiger partial charge in [0.2, 0.25) is 0 Å². The first-order chi connectivity index (χ1) is 14.4. The first-order valence-electron chi connectivity index (χ1n) is 8.75. The summed E-state index contributed by atoms with van der Waals surface area (Å²) in [6, 6.07) is 11.5. The average molecular weight is 414 g/mol. The molecular weight excluding hydrogens is 400 g/mol. The predicted octanol–water partition coefficient (Wildman–Crippen LogP) is 5.60. The number of hydrogen-bond donors (Lipinski definition) is 1. The number of nitrogens with one attached hydrogen (secondary N) is 1. The van der Waals surface area contributed by atoms with Crippen LogP contribution in [0, 0.1) is 5.82 Å². The van der Waals surface area contributed by atoms with Crippen LogP contribution < -0.4 is 10.1 Å². The summed E-state index contributed by atoms with van der Waals surface area (Å²) in [5.41, 5.74) is 0.612. The lowest BCUT2D eigenvalue weighted by Crippen LogP contribution is -2.07. The third-order valence-corrected chi connectivity index (χ3v) is 4.44. The van der Waals surface area contributed by atoms with Crippen molar-refractivity contribution in [2.24, 2.45) is 0 Å². The van der Waals surface area contributed by atoms with E-state index in [4.69, 9.17) is 4.74 Å². The van der Waals surface area contributed by atoms with Crippen LogP contribution in [0.4, 0.5) is 29.1 Å². The van der Waals surface area contributed by atoms with E-state index >= 15 is 0 Å². The highest BCUT2D eigenvalue weighted by Gasteiger charge is 2.31. The number of halogens is 4. The molecule has 0 aliphatic carbocycles. The maximum absolute atomic E-state index is 14.2. The maximum atomic E-state index is 14.2. The third-order valence-electron chi connectivity index (χ3n) is 4.44. The Hall–Kier alpha value is -3.75. The standard InChI is InChI=1S/C21H14F4N4O/c1-30-19-18(13-5-4-12-3-2-8-26-17(12)9-13)27-11-28-20(19)29-16-7-6-14(10-15(16)22)21(23,24)25/h2-11H,1H3,(H,27,28,29). The molecule has 152 valence electrons. The first-order valence-corrected chi connectivity index (χ1v) is 8.75. The number of benzene rings is 2. The lowest BCUT2D eigenvalue weighted by Gasteiger charge is -2.15. The van der Waals surface area contributed by atoms with Crippen LogP contribution in [0.5, 0.6) is 5.75 Å². The van der Waals surface area contributed by atoms with Crippen molar-refractivity contribution in [2.75, 3.05) is 12.4 Å². The Kier molecular flexibility index (Phi) is 4.94. The van der Waals surface area contributed by atoms with Gasteiger partial charge in [0, 0.05) is 17.1 Å². The molecule has 0 spiro atoms. The highest BCUT2D eigenvalue weighted by Crippen LogP contribution is 2.37. The first kappa shape index (κ1) is 19.6. The van der Waals surface area contributed by atoms with Crippen LogP contribution in [-0.2, 0) is 6.18 Å². The van der Waals surface area contributed by atoms with Crippen molar-refractivity contribution in [3.8, 4) is 17.0 Å². The van der Waals surface area contributed by atoms with Gasteiger partial charge < -0.3 is 10.1 Å². The monoisotopic (exact) mass is 414 g/mol. The van der Waals surface area contributed by atoms with Crippen LogP contribution in [0.3, 0.4) is 0 Å². The zero-order valence-corrected chi connectivity index (χ0v) is 15.5. The normalized spacial score (nSPS) is 11.5. The number of hydrogen-bond acceptors (Lipinski definition) is 5. The molecule has 1 N–H and O–H groups in total. The number of nitrogens with zero attached hydrogens (tertiary/aromatic N) is 3. The molecule has 9 heteroatoms. The maximum Gasteiger partial charge on any atom is 0.416 e. The predicted molar refractivity (Wildman–Crippen MR) is 104 cm³/mol. The summed E-state index contributed by atoms with van der Waals surface area (Å²) in [6.07, 6.45) is -1.71. The summed E-state index contributed by atoms with van der Waals surface area (Å²) < 4.78 is 58.0. The molecule has 2 heterocycles. The van der Waals surface area contributed by atoms with Crippen molar-refractivity contribution in [3.05, 3.63) is 72.4 Å². The fourth-order valence-corrected chi connectivity index (χ4v) is 3.00. The smallest absolute Gasteiger partial charge is 0.416 e. The number of pyridine rings is 1. The third kappa shape index (κ3) is 3.73. The molecule has 0 atom stereocenters. The van der Waals surface area contributed by atoms with E-state index in [0.717, 1.165) is 23.0 Å². The van der Waals surface area contributed by atoms with Crippen molar-refractivity contribution in [3.63, 3.8) is 0 Å². The number of alkyl halides is 3. The fraction of sp³-hybridized carbons (Fsp3) is 0.0952. The largest absolute Gasteiger partial charge is 0.491 e. The van der Waals surface area contributed by atoms with Gasteiger partial charge in [0.1, 0.15) is 17.8 Å². The van der Waals surface area contributed by atoms with E-state index in [1.165, 1.54) is 13.4 Å². The lowest BCUT2D eigenvalue weighted by molar-refractivity contribution is -0.137. The Balaban J connectivity index is 1.73.